The van der Waals surface area contributed by atoms with Gasteiger partial charge < -0.3 is 15.2 Å². The number of carbonyl (C=O) groups is 1. The van der Waals surface area contributed by atoms with E-state index in [1.165, 1.54) is 23.4 Å². The number of aryl methyl sites for hydroxylation is 1. The van der Waals surface area contributed by atoms with Gasteiger partial charge in [-0.1, -0.05) is 12.1 Å². The molecule has 1 amide bonds. The number of nitrogens with zero attached hydrogens (tertiary/aromatic N) is 2. The molecule has 1 saturated carbocycles. The second kappa shape index (κ2) is 5.62. The lowest BCUT2D eigenvalue weighted by atomic mass is 9.66. The van der Waals surface area contributed by atoms with E-state index in [-0.39, 0.29) is 22.7 Å². The van der Waals surface area contributed by atoms with Gasteiger partial charge in [0.15, 0.2) is 0 Å². The van der Waals surface area contributed by atoms with Gasteiger partial charge >= 0.3 is 0 Å². The van der Waals surface area contributed by atoms with Crippen LogP contribution in [0.5, 0.6) is 0 Å². The molecule has 2 aliphatic heterocycles. The highest BCUT2D eigenvalue weighted by Gasteiger charge is 2.68. The lowest BCUT2D eigenvalue weighted by molar-refractivity contribution is 0.0804. The lowest BCUT2D eigenvalue weighted by Crippen LogP contribution is -2.72. The summed E-state index contributed by atoms with van der Waals surface area (Å²) in [5, 5.41) is 6.88. The average molecular weight is 414 g/mol. The summed E-state index contributed by atoms with van der Waals surface area (Å²) < 4.78 is 16.1. The van der Waals surface area contributed by atoms with Crippen LogP contribution in [0.15, 0.2) is 36.5 Å². The van der Waals surface area contributed by atoms with E-state index in [1.807, 2.05) is 12.3 Å². The highest BCUT2D eigenvalue weighted by molar-refractivity contribution is 6.03. The highest BCUT2D eigenvalue weighted by atomic mass is 19.1. The van der Waals surface area contributed by atoms with Gasteiger partial charge in [-0.25, -0.2) is 4.39 Å². The van der Waals surface area contributed by atoms with Crippen molar-refractivity contribution in [3.8, 4) is 22.5 Å². The van der Waals surface area contributed by atoms with E-state index >= 15 is 0 Å². The van der Waals surface area contributed by atoms with E-state index < -0.39 is 0 Å². The Kier molecular flexibility index (Phi) is 3.20. The van der Waals surface area contributed by atoms with Crippen LogP contribution in [-0.2, 0) is 25.3 Å². The molecule has 1 aromatic carbocycles. The Labute approximate surface area is 179 Å². The molecule has 1 saturated heterocycles. The number of pyridine rings is 1. The van der Waals surface area contributed by atoms with Crippen LogP contribution in [0, 0.1) is 5.82 Å². The number of nitrogens with one attached hydrogen (secondary N) is 2. The number of hydrogen-bond acceptors (Lipinski definition) is 3. The quantitative estimate of drug-likeness (QED) is 0.643. The molecule has 0 unspecified atom stereocenters. The molecule has 4 aliphatic rings. The van der Waals surface area contributed by atoms with Gasteiger partial charge in [0.05, 0.1) is 27.9 Å². The van der Waals surface area contributed by atoms with Crippen molar-refractivity contribution >= 4 is 5.91 Å². The fourth-order valence-corrected chi connectivity index (χ4v) is 6.34. The van der Waals surface area contributed by atoms with Crippen LogP contribution in [0.3, 0.4) is 0 Å². The molecule has 2 N–H and O–H groups in total. The monoisotopic (exact) mass is 414 g/mol. The molecule has 0 bridgehead atoms. The van der Waals surface area contributed by atoms with Gasteiger partial charge in [0.2, 0.25) is 0 Å². The van der Waals surface area contributed by atoms with E-state index in [2.05, 4.69) is 33.3 Å². The van der Waals surface area contributed by atoms with Crippen LogP contribution in [0.1, 0.15) is 40.0 Å². The Hall–Kier alpha value is -2.99. The predicted molar refractivity (Wildman–Crippen MR) is 115 cm³/mol. The highest BCUT2D eigenvalue weighted by Crippen LogP contribution is 2.58. The molecule has 156 valence electrons. The normalized spacial score (nSPS) is 21.2. The summed E-state index contributed by atoms with van der Waals surface area (Å²) in [5.74, 6) is -0.178. The first-order valence-electron chi connectivity index (χ1n) is 11.0. The Morgan fingerprint density at radius 1 is 1.16 bits per heavy atom. The molecule has 2 spiro atoms. The number of hydrogen-bond donors (Lipinski definition) is 2. The van der Waals surface area contributed by atoms with Crippen LogP contribution >= 0.6 is 0 Å². The Balaban J connectivity index is 1.46. The molecular formula is C25H23FN4O. The van der Waals surface area contributed by atoms with Crippen LogP contribution in [-0.4, -0.2) is 34.1 Å². The zero-order valence-electron chi connectivity index (χ0n) is 17.4. The SMILES string of the molecule is Cn1c2c(c3c1C1(CNC1)C1(CC1)NC3=O)CCc1cnc(-c3cccc(F)c3)cc1-2. The maximum absolute atomic E-state index is 13.8. The van der Waals surface area contributed by atoms with Crippen molar-refractivity contribution in [1.82, 2.24) is 20.2 Å². The summed E-state index contributed by atoms with van der Waals surface area (Å²) in [6, 6.07) is 8.64. The van der Waals surface area contributed by atoms with Gasteiger partial charge in [-0.2, -0.15) is 0 Å². The topological polar surface area (TPSA) is 59.0 Å². The molecule has 0 atom stereocenters. The average Bonchev–Trinajstić information content (AvgIpc) is 3.43. The van der Waals surface area contributed by atoms with Crippen molar-refractivity contribution in [2.45, 2.75) is 36.6 Å². The van der Waals surface area contributed by atoms with E-state index in [1.54, 1.807) is 6.07 Å². The number of fused-ring (bicyclic) bond motifs is 7. The zero-order chi connectivity index (χ0) is 21.0. The van der Waals surface area contributed by atoms with Crippen LogP contribution in [0.4, 0.5) is 4.39 Å². The van der Waals surface area contributed by atoms with Crippen LogP contribution in [0.2, 0.25) is 0 Å². The summed E-state index contributed by atoms with van der Waals surface area (Å²) in [6.45, 7) is 1.82. The van der Waals surface area contributed by atoms with Crippen LogP contribution in [0.25, 0.3) is 22.5 Å². The number of benzene rings is 1. The molecule has 2 aromatic heterocycles. The van der Waals surface area contributed by atoms with Gasteiger partial charge in [-0.05, 0) is 55.0 Å². The fourth-order valence-electron chi connectivity index (χ4n) is 6.34. The van der Waals surface area contributed by atoms with Gasteiger partial charge in [-0.3, -0.25) is 9.78 Å². The minimum atomic E-state index is -0.266. The van der Waals surface area contributed by atoms with E-state index in [0.29, 0.717) is 0 Å². The molecular weight excluding hydrogens is 391 g/mol. The zero-order valence-corrected chi connectivity index (χ0v) is 17.4. The maximum Gasteiger partial charge on any atom is 0.253 e. The third-order valence-electron chi connectivity index (χ3n) is 8.05. The van der Waals surface area contributed by atoms with Gasteiger partial charge in [-0.15, -0.1) is 0 Å². The Morgan fingerprint density at radius 2 is 2.00 bits per heavy atom. The van der Waals surface area contributed by atoms with E-state index in [4.69, 9.17) is 0 Å². The number of carbonyl (C=O) groups excluding carboxylic acids is 1. The Morgan fingerprint density at radius 3 is 2.71 bits per heavy atom. The smallest absolute Gasteiger partial charge is 0.253 e. The molecule has 7 rings (SSSR count). The van der Waals surface area contributed by atoms with E-state index in [0.717, 1.165) is 72.4 Å². The minimum absolute atomic E-state index is 0.0130. The van der Waals surface area contributed by atoms with E-state index in [9.17, 15) is 9.18 Å². The molecule has 5 nitrogen and oxygen atoms in total. The van der Waals surface area contributed by atoms with Crippen molar-refractivity contribution in [2.75, 3.05) is 13.1 Å². The number of halogens is 1. The molecule has 3 aromatic rings. The van der Waals surface area contributed by atoms with Crippen LogP contribution < -0.4 is 10.6 Å². The summed E-state index contributed by atoms with van der Waals surface area (Å²) >= 11 is 0. The fraction of sp³-hybridized carbons (Fsp3) is 0.360. The molecule has 6 heteroatoms. The first kappa shape index (κ1) is 17.7. The number of aromatic nitrogens is 2. The molecule has 31 heavy (non-hydrogen) atoms. The Bertz CT molecular complexity index is 1300. The third-order valence-corrected chi connectivity index (χ3v) is 8.05. The number of rotatable bonds is 1. The van der Waals surface area contributed by atoms with Crippen molar-refractivity contribution in [3.63, 3.8) is 0 Å². The summed E-state index contributed by atoms with van der Waals surface area (Å²) in [7, 11) is 2.11. The first-order chi connectivity index (χ1) is 15.0. The standard InChI is InChI=1S/C25H23FN4O/c1-30-21-17(20-22(30)24(12-27-13-24)25(7-8-25)29-23(20)31)6-5-15-11-28-19(10-18(15)21)14-3-2-4-16(26)9-14/h2-4,9-11,27H,5-8,12-13H2,1H3,(H,29,31). The largest absolute Gasteiger partial charge is 0.346 e. The number of amides is 1. The molecule has 2 aliphatic carbocycles. The summed E-state index contributed by atoms with van der Waals surface area (Å²) in [5.41, 5.74) is 8.12. The molecule has 0 radical (unpaired) electrons. The van der Waals surface area contributed by atoms with Crippen molar-refractivity contribution in [3.05, 3.63) is 64.7 Å². The minimum Gasteiger partial charge on any atom is -0.346 e. The van der Waals surface area contributed by atoms with Gasteiger partial charge in [0.25, 0.3) is 5.91 Å². The predicted octanol–water partition coefficient (Wildman–Crippen LogP) is 3.11. The van der Waals surface area contributed by atoms with Crippen molar-refractivity contribution < 1.29 is 9.18 Å². The molecule has 4 heterocycles. The second-order valence-electron chi connectivity index (χ2n) is 9.57. The van der Waals surface area contributed by atoms with Gasteiger partial charge in [0, 0.05) is 43.2 Å². The summed E-state index contributed by atoms with van der Waals surface area (Å²) in [4.78, 5) is 17.9. The second-order valence-corrected chi connectivity index (χ2v) is 9.57. The summed E-state index contributed by atoms with van der Waals surface area (Å²) in [6.07, 6.45) is 5.74. The third kappa shape index (κ3) is 2.09. The van der Waals surface area contributed by atoms with Crippen molar-refractivity contribution in [1.29, 1.82) is 0 Å². The lowest BCUT2D eigenvalue weighted by Gasteiger charge is -2.52. The maximum atomic E-state index is 13.8. The first-order valence-corrected chi connectivity index (χ1v) is 11.0. The molecule has 2 fully saturated rings. The van der Waals surface area contributed by atoms with Gasteiger partial charge in [0.1, 0.15) is 5.82 Å². The van der Waals surface area contributed by atoms with Crippen molar-refractivity contribution in [2.24, 2.45) is 7.05 Å².